The largest absolute Gasteiger partial charge is 0.365 e. The first-order valence-electron chi connectivity index (χ1n) is 5.72. The maximum absolute atomic E-state index is 5.74. The number of nitrogens with two attached hydrogens (primary N) is 1. The van der Waals surface area contributed by atoms with E-state index in [0.29, 0.717) is 12.5 Å². The van der Waals surface area contributed by atoms with Gasteiger partial charge in [-0.3, -0.25) is 4.68 Å². The molecule has 2 rings (SSSR count). The molecule has 0 saturated carbocycles. The van der Waals surface area contributed by atoms with Crippen LogP contribution in [0.1, 0.15) is 13.8 Å². The van der Waals surface area contributed by atoms with Crippen molar-refractivity contribution in [3.8, 4) is 0 Å². The lowest BCUT2D eigenvalue weighted by Crippen LogP contribution is -2.34. The molecule has 0 aliphatic rings. The Labute approximate surface area is 100 Å². The number of rotatable bonds is 4. The molecule has 0 amide bonds. The third kappa shape index (κ3) is 2.21. The van der Waals surface area contributed by atoms with Crippen LogP contribution in [-0.2, 0) is 7.05 Å². The van der Waals surface area contributed by atoms with Gasteiger partial charge < -0.3 is 11.1 Å². The van der Waals surface area contributed by atoms with Gasteiger partial charge >= 0.3 is 0 Å². The fraction of sp³-hybridized carbons (Fsp3) is 0.545. The van der Waals surface area contributed by atoms with Crippen LogP contribution in [0.5, 0.6) is 0 Å². The molecule has 0 aromatic carbocycles. The minimum Gasteiger partial charge on any atom is -0.365 e. The van der Waals surface area contributed by atoms with Gasteiger partial charge in [0.05, 0.1) is 11.6 Å². The molecular formula is C11H18N6. The fourth-order valence-electron chi connectivity index (χ4n) is 1.75. The van der Waals surface area contributed by atoms with Gasteiger partial charge in [-0.2, -0.15) is 5.10 Å². The smallest absolute Gasteiger partial charge is 0.163 e. The van der Waals surface area contributed by atoms with Crippen molar-refractivity contribution in [1.29, 1.82) is 0 Å². The summed E-state index contributed by atoms with van der Waals surface area (Å²) in [4.78, 5) is 8.46. The zero-order valence-corrected chi connectivity index (χ0v) is 10.4. The Hall–Kier alpha value is -1.69. The summed E-state index contributed by atoms with van der Waals surface area (Å²) >= 11 is 0. The zero-order valence-electron chi connectivity index (χ0n) is 10.4. The van der Waals surface area contributed by atoms with Gasteiger partial charge in [0.15, 0.2) is 5.65 Å². The Bertz CT molecular complexity index is 504. The molecule has 17 heavy (non-hydrogen) atoms. The van der Waals surface area contributed by atoms with Crippen molar-refractivity contribution in [1.82, 2.24) is 19.7 Å². The topological polar surface area (TPSA) is 81.7 Å². The number of aryl methyl sites for hydroxylation is 1. The van der Waals surface area contributed by atoms with Gasteiger partial charge in [0.25, 0.3) is 0 Å². The van der Waals surface area contributed by atoms with Crippen LogP contribution in [-0.4, -0.2) is 32.3 Å². The SMILES string of the molecule is CC(C)C(CN)Nc1ncnc2c1cnn2C. The van der Waals surface area contributed by atoms with E-state index in [9.17, 15) is 0 Å². The molecule has 6 heteroatoms. The van der Waals surface area contributed by atoms with E-state index in [1.807, 2.05) is 7.05 Å². The summed E-state index contributed by atoms with van der Waals surface area (Å²) in [6, 6.07) is 0.202. The highest BCUT2D eigenvalue weighted by Gasteiger charge is 2.14. The van der Waals surface area contributed by atoms with Crippen LogP contribution in [0.25, 0.3) is 11.0 Å². The molecule has 2 aromatic rings. The molecular weight excluding hydrogens is 216 g/mol. The predicted molar refractivity (Wildman–Crippen MR) is 67.6 cm³/mol. The predicted octanol–water partition coefficient (Wildman–Crippen LogP) is 0.758. The van der Waals surface area contributed by atoms with Gasteiger partial charge in [-0.05, 0) is 5.92 Å². The summed E-state index contributed by atoms with van der Waals surface area (Å²) in [6.07, 6.45) is 3.31. The van der Waals surface area contributed by atoms with Gasteiger partial charge in [0.1, 0.15) is 12.1 Å². The van der Waals surface area contributed by atoms with Crippen molar-refractivity contribution < 1.29 is 0 Å². The van der Waals surface area contributed by atoms with Crippen molar-refractivity contribution in [2.24, 2.45) is 18.7 Å². The second-order valence-corrected chi connectivity index (χ2v) is 4.46. The summed E-state index contributed by atoms with van der Waals surface area (Å²) in [5, 5.41) is 8.46. The van der Waals surface area contributed by atoms with E-state index >= 15 is 0 Å². The van der Waals surface area contributed by atoms with Gasteiger partial charge in [0.2, 0.25) is 0 Å². The molecule has 6 nitrogen and oxygen atoms in total. The Morgan fingerprint density at radius 2 is 2.18 bits per heavy atom. The summed E-state index contributed by atoms with van der Waals surface area (Å²) in [7, 11) is 1.86. The fourth-order valence-corrected chi connectivity index (χ4v) is 1.75. The Balaban J connectivity index is 2.35. The lowest BCUT2D eigenvalue weighted by Gasteiger charge is -2.21. The van der Waals surface area contributed by atoms with E-state index in [1.165, 1.54) is 0 Å². The molecule has 3 N–H and O–H groups in total. The normalized spacial score (nSPS) is 13.2. The van der Waals surface area contributed by atoms with E-state index in [1.54, 1.807) is 17.2 Å². The first kappa shape index (κ1) is 11.8. The second kappa shape index (κ2) is 4.67. The van der Waals surface area contributed by atoms with Crippen molar-refractivity contribution in [3.63, 3.8) is 0 Å². The van der Waals surface area contributed by atoms with Gasteiger partial charge in [-0.15, -0.1) is 0 Å². The lowest BCUT2D eigenvalue weighted by atomic mass is 10.0. The number of aromatic nitrogens is 4. The van der Waals surface area contributed by atoms with E-state index in [-0.39, 0.29) is 6.04 Å². The van der Waals surface area contributed by atoms with Crippen LogP contribution in [0.3, 0.4) is 0 Å². The molecule has 1 atom stereocenters. The highest BCUT2D eigenvalue weighted by molar-refractivity contribution is 5.86. The van der Waals surface area contributed by atoms with Gasteiger partial charge in [-0.1, -0.05) is 13.8 Å². The van der Waals surface area contributed by atoms with E-state index in [4.69, 9.17) is 5.73 Å². The Kier molecular flexibility index (Phi) is 3.23. The quantitative estimate of drug-likeness (QED) is 0.816. The molecule has 92 valence electrons. The van der Waals surface area contributed by atoms with E-state index in [2.05, 4.69) is 34.2 Å². The number of nitrogens with zero attached hydrogens (tertiary/aromatic N) is 4. The molecule has 0 bridgehead atoms. The zero-order chi connectivity index (χ0) is 12.4. The monoisotopic (exact) mass is 234 g/mol. The van der Waals surface area contributed by atoms with Crippen LogP contribution in [0, 0.1) is 5.92 Å². The van der Waals surface area contributed by atoms with Crippen LogP contribution in [0.15, 0.2) is 12.5 Å². The average molecular weight is 234 g/mol. The third-order valence-corrected chi connectivity index (χ3v) is 2.91. The van der Waals surface area contributed by atoms with Crippen molar-refractivity contribution in [3.05, 3.63) is 12.5 Å². The molecule has 0 aliphatic carbocycles. The average Bonchev–Trinajstić information content (AvgIpc) is 2.69. The van der Waals surface area contributed by atoms with Crippen LogP contribution < -0.4 is 11.1 Å². The number of nitrogens with one attached hydrogen (secondary N) is 1. The number of fused-ring (bicyclic) bond motifs is 1. The minimum absolute atomic E-state index is 0.202. The first-order chi connectivity index (χ1) is 8.13. The van der Waals surface area contributed by atoms with Crippen molar-refractivity contribution in [2.45, 2.75) is 19.9 Å². The third-order valence-electron chi connectivity index (χ3n) is 2.91. The van der Waals surface area contributed by atoms with Gasteiger partial charge in [-0.25, -0.2) is 9.97 Å². The summed E-state index contributed by atoms with van der Waals surface area (Å²) in [5.41, 5.74) is 6.57. The number of hydrogen-bond donors (Lipinski definition) is 2. The van der Waals surface area contributed by atoms with Crippen LogP contribution in [0.2, 0.25) is 0 Å². The van der Waals surface area contributed by atoms with Crippen molar-refractivity contribution in [2.75, 3.05) is 11.9 Å². The molecule has 2 heterocycles. The molecule has 0 saturated heterocycles. The molecule has 0 spiro atoms. The van der Waals surface area contributed by atoms with Crippen molar-refractivity contribution >= 4 is 16.9 Å². The summed E-state index contributed by atoms with van der Waals surface area (Å²) in [5.74, 6) is 1.24. The highest BCUT2D eigenvalue weighted by Crippen LogP contribution is 2.19. The van der Waals surface area contributed by atoms with E-state index < -0.39 is 0 Å². The Morgan fingerprint density at radius 1 is 1.41 bits per heavy atom. The minimum atomic E-state index is 0.202. The van der Waals surface area contributed by atoms with E-state index in [0.717, 1.165) is 16.9 Å². The first-order valence-corrected chi connectivity index (χ1v) is 5.72. The highest BCUT2D eigenvalue weighted by atomic mass is 15.3. The molecule has 2 aromatic heterocycles. The second-order valence-electron chi connectivity index (χ2n) is 4.46. The maximum atomic E-state index is 5.74. The molecule has 1 unspecified atom stereocenters. The Morgan fingerprint density at radius 3 is 2.82 bits per heavy atom. The maximum Gasteiger partial charge on any atom is 0.163 e. The van der Waals surface area contributed by atoms with Gasteiger partial charge in [0, 0.05) is 19.6 Å². The molecule has 0 fully saturated rings. The van der Waals surface area contributed by atoms with Crippen LogP contribution in [0.4, 0.5) is 5.82 Å². The molecule has 0 aliphatic heterocycles. The number of anilines is 1. The summed E-state index contributed by atoms with van der Waals surface area (Å²) < 4.78 is 1.73. The summed E-state index contributed by atoms with van der Waals surface area (Å²) in [6.45, 7) is 4.84. The lowest BCUT2D eigenvalue weighted by molar-refractivity contribution is 0.530. The standard InChI is InChI=1S/C11H18N6/c1-7(2)9(4-12)16-10-8-5-15-17(3)11(8)14-6-13-10/h5-7,9H,4,12H2,1-3H3,(H,13,14,16). The van der Waals surface area contributed by atoms with Crippen LogP contribution >= 0.6 is 0 Å². The number of hydrogen-bond acceptors (Lipinski definition) is 5. The molecule has 0 radical (unpaired) electrons.